The van der Waals surface area contributed by atoms with Gasteiger partial charge in [0.15, 0.2) is 5.82 Å². The molecule has 0 unspecified atom stereocenters. The quantitative estimate of drug-likeness (QED) is 0.583. The summed E-state index contributed by atoms with van der Waals surface area (Å²) in [5.74, 6) is 0.236. The van der Waals surface area contributed by atoms with E-state index in [1.807, 2.05) is 41.1 Å². The normalized spacial score (nSPS) is 15.8. The monoisotopic (exact) mass is 433 g/mol. The Kier molecular flexibility index (Phi) is 5.18. The summed E-state index contributed by atoms with van der Waals surface area (Å²) in [6.45, 7) is 4.79. The van der Waals surface area contributed by atoms with Crippen LogP contribution < -0.4 is 15.5 Å². The summed E-state index contributed by atoms with van der Waals surface area (Å²) >= 11 is 0. The highest BCUT2D eigenvalue weighted by atomic mass is 16.2. The number of aryl methyl sites for hydroxylation is 1. The topological polar surface area (TPSA) is 98.3 Å². The van der Waals surface area contributed by atoms with Gasteiger partial charge in [0.25, 0.3) is 11.8 Å². The summed E-state index contributed by atoms with van der Waals surface area (Å²) < 4.78 is 2.04. The number of benzene rings is 1. The van der Waals surface area contributed by atoms with E-state index in [1.54, 1.807) is 7.05 Å². The zero-order valence-electron chi connectivity index (χ0n) is 18.3. The number of rotatable bonds is 4. The summed E-state index contributed by atoms with van der Waals surface area (Å²) in [7, 11) is 3.75. The average Bonchev–Trinajstić information content (AvgIpc) is 3.43. The lowest BCUT2D eigenvalue weighted by molar-refractivity contribution is 0.0962. The molecule has 0 radical (unpaired) electrons. The van der Waals surface area contributed by atoms with Gasteiger partial charge in [0.2, 0.25) is 0 Å². The van der Waals surface area contributed by atoms with Gasteiger partial charge in [-0.1, -0.05) is 0 Å². The molecular formula is C23H27N7O2. The summed E-state index contributed by atoms with van der Waals surface area (Å²) in [4.78, 5) is 29.5. The van der Waals surface area contributed by atoms with Crippen LogP contribution in [0.4, 0.5) is 11.5 Å². The van der Waals surface area contributed by atoms with E-state index in [1.165, 1.54) is 0 Å². The van der Waals surface area contributed by atoms with Gasteiger partial charge >= 0.3 is 0 Å². The number of H-pyrrole nitrogens is 1. The Labute approximate surface area is 186 Å². The van der Waals surface area contributed by atoms with E-state index in [4.69, 9.17) is 0 Å². The molecule has 3 N–H and O–H groups in total. The van der Waals surface area contributed by atoms with E-state index in [2.05, 4.69) is 37.7 Å². The molecule has 0 atom stereocenters. The molecule has 9 nitrogen and oxygen atoms in total. The fourth-order valence-electron chi connectivity index (χ4n) is 4.40. The Balaban J connectivity index is 1.31. The van der Waals surface area contributed by atoms with Crippen LogP contribution in [0.2, 0.25) is 0 Å². The van der Waals surface area contributed by atoms with E-state index in [0.29, 0.717) is 16.9 Å². The van der Waals surface area contributed by atoms with Gasteiger partial charge in [0.1, 0.15) is 0 Å². The van der Waals surface area contributed by atoms with Crippen LogP contribution in [-0.4, -0.2) is 71.8 Å². The fraction of sp³-hybridized carbons (Fsp3) is 0.348. The Bertz CT molecular complexity index is 1150. The molecule has 9 heteroatoms. The highest BCUT2D eigenvalue weighted by Crippen LogP contribution is 2.33. The van der Waals surface area contributed by atoms with Gasteiger partial charge in [-0.05, 0) is 43.8 Å². The maximum atomic E-state index is 12.9. The number of aromatic nitrogens is 3. The smallest absolute Gasteiger partial charge is 0.256 e. The van der Waals surface area contributed by atoms with Crippen molar-refractivity contribution in [3.63, 3.8) is 0 Å². The lowest BCUT2D eigenvalue weighted by atomic mass is 10.1. The molecule has 2 aliphatic heterocycles. The highest BCUT2D eigenvalue weighted by Gasteiger charge is 2.25. The van der Waals surface area contributed by atoms with Crippen molar-refractivity contribution in [3.8, 4) is 11.4 Å². The Hall–Kier alpha value is -3.59. The first-order chi connectivity index (χ1) is 15.5. The summed E-state index contributed by atoms with van der Waals surface area (Å²) in [5, 5.41) is 13.0. The second-order valence-electron chi connectivity index (χ2n) is 8.35. The maximum Gasteiger partial charge on any atom is 0.256 e. The predicted octanol–water partition coefficient (Wildman–Crippen LogP) is 1.80. The number of hydrogen-bond donors (Lipinski definition) is 3. The molecule has 0 aliphatic carbocycles. The maximum absolute atomic E-state index is 12.9. The van der Waals surface area contributed by atoms with Gasteiger partial charge < -0.3 is 25.0 Å². The zero-order chi connectivity index (χ0) is 22.2. The van der Waals surface area contributed by atoms with Crippen molar-refractivity contribution in [2.75, 3.05) is 50.5 Å². The van der Waals surface area contributed by atoms with Crippen LogP contribution in [-0.2, 0) is 13.0 Å². The third kappa shape index (κ3) is 3.64. The molecule has 1 aromatic carbocycles. The molecule has 4 heterocycles. The van der Waals surface area contributed by atoms with E-state index in [-0.39, 0.29) is 11.8 Å². The van der Waals surface area contributed by atoms with Crippen LogP contribution in [0.1, 0.15) is 26.3 Å². The average molecular weight is 434 g/mol. The Morgan fingerprint density at radius 2 is 1.75 bits per heavy atom. The first kappa shape index (κ1) is 20.3. The highest BCUT2D eigenvalue weighted by molar-refractivity contribution is 6.04. The minimum absolute atomic E-state index is 0.124. The van der Waals surface area contributed by atoms with Crippen molar-refractivity contribution in [2.24, 2.45) is 0 Å². The largest absolute Gasteiger partial charge is 0.369 e. The lowest BCUT2D eigenvalue weighted by Crippen LogP contribution is -2.44. The van der Waals surface area contributed by atoms with Gasteiger partial charge in [-0.2, -0.15) is 5.10 Å². The molecule has 5 rings (SSSR count). The molecule has 0 spiro atoms. The third-order valence-corrected chi connectivity index (χ3v) is 6.34. The van der Waals surface area contributed by atoms with Crippen LogP contribution in [0.15, 0.2) is 36.5 Å². The van der Waals surface area contributed by atoms with Crippen molar-refractivity contribution in [1.29, 1.82) is 0 Å². The van der Waals surface area contributed by atoms with Crippen LogP contribution in [0, 0.1) is 0 Å². The number of carbonyl (C=O) groups excluding carboxylic acids is 2. The van der Waals surface area contributed by atoms with Gasteiger partial charge in [-0.3, -0.25) is 14.7 Å². The van der Waals surface area contributed by atoms with Crippen LogP contribution >= 0.6 is 0 Å². The predicted molar refractivity (Wildman–Crippen MR) is 123 cm³/mol. The number of amides is 2. The van der Waals surface area contributed by atoms with Crippen LogP contribution in [0.25, 0.3) is 11.4 Å². The number of carbonyl (C=O) groups is 2. The number of aromatic amines is 1. The number of nitrogens with zero attached hydrogens (tertiary/aromatic N) is 4. The summed E-state index contributed by atoms with van der Waals surface area (Å²) in [6, 6.07) is 9.59. The second kappa shape index (κ2) is 8.16. The van der Waals surface area contributed by atoms with E-state index in [0.717, 1.165) is 61.8 Å². The van der Waals surface area contributed by atoms with Gasteiger partial charge in [0.05, 0.1) is 17.0 Å². The van der Waals surface area contributed by atoms with Gasteiger partial charge in [0, 0.05) is 62.8 Å². The molecule has 3 aromatic rings. The zero-order valence-corrected chi connectivity index (χ0v) is 18.3. The molecule has 2 aromatic heterocycles. The van der Waals surface area contributed by atoms with Crippen LogP contribution in [0.3, 0.4) is 0 Å². The molecular weight excluding hydrogens is 406 g/mol. The van der Waals surface area contributed by atoms with E-state index < -0.39 is 0 Å². The number of nitrogens with one attached hydrogen (secondary N) is 3. The fourth-order valence-corrected chi connectivity index (χ4v) is 4.40. The number of anilines is 2. The molecule has 1 saturated heterocycles. The van der Waals surface area contributed by atoms with E-state index in [9.17, 15) is 9.59 Å². The lowest BCUT2D eigenvalue weighted by Gasteiger charge is -2.34. The minimum Gasteiger partial charge on any atom is -0.369 e. The Morgan fingerprint density at radius 1 is 1.00 bits per heavy atom. The van der Waals surface area contributed by atoms with Crippen molar-refractivity contribution in [2.45, 2.75) is 13.0 Å². The van der Waals surface area contributed by atoms with Crippen molar-refractivity contribution < 1.29 is 9.59 Å². The standard InChI is InChI=1S/C23H27N7O2/c1-24-22(31)16-13-19-20-18(7-8-30(19)14-16)21(27-26-20)25-23(32)15-3-5-17(6-4-15)29-11-9-28(2)10-12-29/h3-6,13-14H,7-12H2,1-2H3,(H,24,31)(H2,25,26,27,32). The first-order valence-electron chi connectivity index (χ1n) is 10.9. The third-order valence-electron chi connectivity index (χ3n) is 6.34. The van der Waals surface area contributed by atoms with Gasteiger partial charge in [-0.25, -0.2) is 0 Å². The SMILES string of the molecule is CNC(=O)c1cc2n(c1)CCc1c(NC(=O)c3ccc(N4CCN(C)CC4)cc3)n[nH]c1-2. The second-order valence-corrected chi connectivity index (χ2v) is 8.35. The van der Waals surface area contributed by atoms with Crippen molar-refractivity contribution >= 4 is 23.3 Å². The first-order valence-corrected chi connectivity index (χ1v) is 10.9. The summed E-state index contributed by atoms with van der Waals surface area (Å²) in [6.07, 6.45) is 2.57. The molecule has 1 fully saturated rings. The number of fused-ring (bicyclic) bond motifs is 3. The van der Waals surface area contributed by atoms with Crippen molar-refractivity contribution in [1.82, 2.24) is 25.0 Å². The molecule has 0 saturated carbocycles. The molecule has 0 bridgehead atoms. The number of piperazine rings is 1. The van der Waals surface area contributed by atoms with Crippen molar-refractivity contribution in [3.05, 3.63) is 53.2 Å². The van der Waals surface area contributed by atoms with E-state index >= 15 is 0 Å². The molecule has 166 valence electrons. The summed E-state index contributed by atoms with van der Waals surface area (Å²) in [5.41, 5.74) is 5.04. The number of likely N-dealkylation sites (N-methyl/N-ethyl adjacent to an activating group) is 1. The Morgan fingerprint density at radius 3 is 2.47 bits per heavy atom. The number of hydrogen-bond acceptors (Lipinski definition) is 5. The molecule has 2 aliphatic rings. The minimum atomic E-state index is -0.184. The van der Waals surface area contributed by atoms with Gasteiger partial charge in [-0.15, -0.1) is 0 Å². The van der Waals surface area contributed by atoms with Crippen LogP contribution in [0.5, 0.6) is 0 Å². The molecule has 32 heavy (non-hydrogen) atoms. The molecule has 2 amide bonds.